The lowest BCUT2D eigenvalue weighted by molar-refractivity contribution is 0.250. The first-order valence-electron chi connectivity index (χ1n) is 12.1. The number of pyridine rings is 1. The molecule has 0 saturated heterocycles. The van der Waals surface area contributed by atoms with Gasteiger partial charge in [0, 0.05) is 43.4 Å². The number of aliphatic hydroxyl groups excluding tert-OH is 1. The number of anilines is 1. The average molecular weight is 515 g/mol. The number of methoxy groups -OCH3 is 1. The Morgan fingerprint density at radius 1 is 1.05 bits per heavy atom. The summed E-state index contributed by atoms with van der Waals surface area (Å²) in [6.07, 6.45) is 2.39. The second kappa shape index (κ2) is 13.1. The van der Waals surface area contributed by atoms with Gasteiger partial charge in [0.25, 0.3) is 0 Å². The lowest BCUT2D eigenvalue weighted by Gasteiger charge is -2.18. The van der Waals surface area contributed by atoms with Crippen molar-refractivity contribution in [3.8, 4) is 23.0 Å². The number of nitrogens with one attached hydrogen (secondary N) is 3. The molecule has 1 aromatic heterocycles. The number of nitrogens with zero attached hydrogens (tertiary/aromatic N) is 1. The van der Waals surface area contributed by atoms with Crippen LogP contribution in [0.2, 0.25) is 0 Å². The Morgan fingerprint density at radius 2 is 1.86 bits per heavy atom. The van der Waals surface area contributed by atoms with E-state index < -0.39 is 11.8 Å². The topological polar surface area (TPSA) is 114 Å². The number of hydrogen-bond donors (Lipinski definition) is 4. The van der Waals surface area contributed by atoms with Gasteiger partial charge < -0.3 is 35.3 Å². The maximum absolute atomic E-state index is 14.7. The van der Waals surface area contributed by atoms with Crippen molar-refractivity contribution in [1.29, 1.82) is 0 Å². The number of aliphatic hydroxyl groups is 1. The van der Waals surface area contributed by atoms with Crippen LogP contribution >= 0.6 is 0 Å². The summed E-state index contributed by atoms with van der Waals surface area (Å²) >= 11 is 0. The average Bonchev–Trinajstić information content (AvgIpc) is 2.84. The van der Waals surface area contributed by atoms with Crippen LogP contribution in [0.5, 0.6) is 23.0 Å². The molecular formula is C27H35FN4O5. The van der Waals surface area contributed by atoms with E-state index in [2.05, 4.69) is 41.7 Å². The number of fused-ring (bicyclic) bond motifs is 1. The summed E-state index contributed by atoms with van der Waals surface area (Å²) in [7, 11) is 1.54. The van der Waals surface area contributed by atoms with E-state index in [0.29, 0.717) is 54.4 Å². The van der Waals surface area contributed by atoms with Crippen molar-refractivity contribution in [3.05, 3.63) is 48.4 Å². The molecule has 9 nitrogen and oxygen atoms in total. The molecule has 0 saturated carbocycles. The highest BCUT2D eigenvalue weighted by atomic mass is 19.1. The molecule has 0 fully saturated rings. The molecule has 0 aliphatic rings. The zero-order chi connectivity index (χ0) is 26.8. The molecule has 0 aliphatic carbocycles. The highest BCUT2D eigenvalue weighted by molar-refractivity contribution is 5.90. The van der Waals surface area contributed by atoms with Crippen LogP contribution < -0.4 is 30.2 Å². The van der Waals surface area contributed by atoms with E-state index in [1.165, 1.54) is 19.2 Å². The number of halogens is 1. The van der Waals surface area contributed by atoms with Crippen molar-refractivity contribution in [1.82, 2.24) is 15.6 Å². The van der Waals surface area contributed by atoms with Crippen molar-refractivity contribution >= 4 is 22.6 Å². The van der Waals surface area contributed by atoms with Gasteiger partial charge in [-0.1, -0.05) is 20.8 Å². The normalized spacial score (nSPS) is 11.3. The standard InChI is InChI=1S/C27H35FN4O5/c1-27(2,3)8-10-31-26(34)32-21-6-5-18(15-20(21)28)37-23-7-9-30-22-17-25(24(35-4)16-19(22)23)36-14-12-29-11-13-33/h5-7,9,15-17,29,33H,8,10-14H2,1-4H3,(H2,31,32,34). The zero-order valence-electron chi connectivity index (χ0n) is 21.7. The third kappa shape index (κ3) is 8.47. The van der Waals surface area contributed by atoms with E-state index >= 15 is 0 Å². The molecule has 10 heteroatoms. The molecule has 3 aromatic rings. The first kappa shape index (κ1) is 27.9. The molecule has 0 bridgehead atoms. The van der Waals surface area contributed by atoms with Gasteiger partial charge in [0.05, 0.1) is 24.9 Å². The Kier molecular flexibility index (Phi) is 9.87. The van der Waals surface area contributed by atoms with Gasteiger partial charge in [-0.3, -0.25) is 4.98 Å². The Hall–Kier alpha value is -3.63. The predicted octanol–water partition coefficient (Wildman–Crippen LogP) is 4.69. The molecule has 200 valence electrons. The molecule has 0 atom stereocenters. The number of hydrogen-bond acceptors (Lipinski definition) is 7. The molecule has 37 heavy (non-hydrogen) atoms. The Balaban J connectivity index is 1.70. The van der Waals surface area contributed by atoms with Gasteiger partial charge >= 0.3 is 6.03 Å². The van der Waals surface area contributed by atoms with Gasteiger partial charge in [-0.05, 0) is 36.1 Å². The number of urea groups is 1. The monoisotopic (exact) mass is 514 g/mol. The Bertz CT molecular complexity index is 1200. The van der Waals surface area contributed by atoms with Gasteiger partial charge in [0.15, 0.2) is 11.5 Å². The van der Waals surface area contributed by atoms with Crippen LogP contribution in [0.3, 0.4) is 0 Å². The van der Waals surface area contributed by atoms with Crippen LogP contribution in [-0.4, -0.2) is 56.1 Å². The minimum absolute atomic E-state index is 0.0529. The van der Waals surface area contributed by atoms with E-state index in [4.69, 9.17) is 19.3 Å². The molecule has 3 rings (SSSR count). The van der Waals surface area contributed by atoms with E-state index in [0.717, 1.165) is 6.42 Å². The number of carbonyl (C=O) groups is 1. The number of benzene rings is 2. The smallest absolute Gasteiger partial charge is 0.319 e. The maximum atomic E-state index is 14.7. The van der Waals surface area contributed by atoms with Crippen LogP contribution in [0.4, 0.5) is 14.9 Å². The maximum Gasteiger partial charge on any atom is 0.319 e. The van der Waals surface area contributed by atoms with Crippen LogP contribution in [0, 0.1) is 11.2 Å². The third-order valence-corrected chi connectivity index (χ3v) is 5.39. The van der Waals surface area contributed by atoms with Gasteiger partial charge in [-0.15, -0.1) is 0 Å². The Morgan fingerprint density at radius 3 is 2.57 bits per heavy atom. The molecule has 1 heterocycles. The second-order valence-corrected chi connectivity index (χ2v) is 9.59. The van der Waals surface area contributed by atoms with E-state index in [9.17, 15) is 9.18 Å². The van der Waals surface area contributed by atoms with E-state index in [1.807, 2.05) is 0 Å². The minimum Gasteiger partial charge on any atom is -0.493 e. The fourth-order valence-electron chi connectivity index (χ4n) is 3.43. The fraction of sp³-hybridized carbons (Fsp3) is 0.407. The fourth-order valence-corrected chi connectivity index (χ4v) is 3.43. The van der Waals surface area contributed by atoms with Crippen molar-refractivity contribution in [2.24, 2.45) is 5.41 Å². The summed E-state index contributed by atoms with van der Waals surface area (Å²) in [6, 6.07) is 8.95. The summed E-state index contributed by atoms with van der Waals surface area (Å²) in [5.74, 6) is 1.12. The quantitative estimate of drug-likeness (QED) is 0.259. The van der Waals surface area contributed by atoms with Crippen LogP contribution in [0.15, 0.2) is 42.6 Å². The van der Waals surface area contributed by atoms with Crippen molar-refractivity contribution < 1.29 is 28.5 Å². The first-order chi connectivity index (χ1) is 17.7. The highest BCUT2D eigenvalue weighted by Crippen LogP contribution is 2.37. The van der Waals surface area contributed by atoms with Gasteiger partial charge in [0.2, 0.25) is 0 Å². The third-order valence-electron chi connectivity index (χ3n) is 5.39. The number of rotatable bonds is 12. The number of carbonyl (C=O) groups excluding carboxylic acids is 1. The minimum atomic E-state index is -0.620. The molecule has 0 unspecified atom stereocenters. The van der Waals surface area contributed by atoms with Gasteiger partial charge in [-0.25, -0.2) is 9.18 Å². The summed E-state index contributed by atoms with van der Waals surface area (Å²) in [5, 5.41) is 17.8. The van der Waals surface area contributed by atoms with Crippen molar-refractivity contribution in [3.63, 3.8) is 0 Å². The van der Waals surface area contributed by atoms with Crippen LogP contribution in [-0.2, 0) is 0 Å². The van der Waals surface area contributed by atoms with Crippen LogP contribution in [0.1, 0.15) is 27.2 Å². The Labute approximate surface area is 216 Å². The summed E-state index contributed by atoms with van der Waals surface area (Å²) in [5.41, 5.74) is 0.755. The number of amides is 2. The molecule has 0 aliphatic heterocycles. The molecule has 2 amide bonds. The number of aromatic nitrogens is 1. The lowest BCUT2D eigenvalue weighted by atomic mass is 9.92. The second-order valence-electron chi connectivity index (χ2n) is 9.59. The summed E-state index contributed by atoms with van der Waals surface area (Å²) < 4.78 is 32.0. The molecule has 0 radical (unpaired) electrons. The molecular weight excluding hydrogens is 479 g/mol. The van der Waals surface area contributed by atoms with E-state index in [1.54, 1.807) is 30.5 Å². The summed E-state index contributed by atoms with van der Waals surface area (Å²) in [4.78, 5) is 16.5. The molecule has 2 aromatic carbocycles. The summed E-state index contributed by atoms with van der Waals surface area (Å²) in [6.45, 7) is 8.23. The molecule has 4 N–H and O–H groups in total. The lowest BCUT2D eigenvalue weighted by Crippen LogP contribution is -2.31. The zero-order valence-corrected chi connectivity index (χ0v) is 21.7. The molecule has 0 spiro atoms. The van der Waals surface area contributed by atoms with Crippen molar-refractivity contribution in [2.75, 3.05) is 45.3 Å². The van der Waals surface area contributed by atoms with E-state index in [-0.39, 0.29) is 23.5 Å². The van der Waals surface area contributed by atoms with Gasteiger partial charge in [0.1, 0.15) is 23.9 Å². The number of ether oxygens (including phenoxy) is 3. The first-order valence-corrected chi connectivity index (χ1v) is 12.1. The highest BCUT2D eigenvalue weighted by Gasteiger charge is 2.14. The van der Waals surface area contributed by atoms with Crippen molar-refractivity contribution in [2.45, 2.75) is 27.2 Å². The SMILES string of the molecule is COc1cc2c(Oc3ccc(NC(=O)NCCC(C)(C)C)c(F)c3)ccnc2cc1OCCNCCO. The predicted molar refractivity (Wildman–Crippen MR) is 141 cm³/mol. The van der Waals surface area contributed by atoms with Crippen LogP contribution in [0.25, 0.3) is 10.9 Å². The largest absolute Gasteiger partial charge is 0.493 e. The van der Waals surface area contributed by atoms with Gasteiger partial charge in [-0.2, -0.15) is 0 Å².